The van der Waals surface area contributed by atoms with Gasteiger partial charge >= 0.3 is 6.18 Å². The Labute approximate surface area is 213 Å². The number of allylic oxidation sites excluding steroid dienone is 1. The molecular formula is C28H28F3N5O. The number of hydrogen-bond acceptors (Lipinski definition) is 5. The van der Waals surface area contributed by atoms with Crippen molar-refractivity contribution < 1.29 is 18.0 Å². The van der Waals surface area contributed by atoms with E-state index in [1.165, 1.54) is 5.56 Å². The molecule has 0 bridgehead atoms. The molecular weight excluding hydrogens is 479 g/mol. The number of azo groups is 1. The van der Waals surface area contributed by atoms with Crippen LogP contribution in [0.25, 0.3) is 11.1 Å². The molecule has 0 radical (unpaired) electrons. The van der Waals surface area contributed by atoms with Gasteiger partial charge in [-0.15, -0.1) is 5.11 Å². The summed E-state index contributed by atoms with van der Waals surface area (Å²) in [4.78, 5) is 18.2. The highest BCUT2D eigenvalue weighted by Gasteiger charge is 2.57. The normalized spacial score (nSPS) is 26.0. The number of rotatable bonds is 3. The van der Waals surface area contributed by atoms with Gasteiger partial charge in [0, 0.05) is 35.1 Å². The molecule has 2 N–H and O–H groups in total. The number of aryl methyl sites for hydroxylation is 1. The summed E-state index contributed by atoms with van der Waals surface area (Å²) in [6.07, 6.45) is -0.328. The zero-order chi connectivity index (χ0) is 26.2. The second-order valence-corrected chi connectivity index (χ2v) is 10.9. The Morgan fingerprint density at radius 1 is 1.16 bits per heavy atom. The summed E-state index contributed by atoms with van der Waals surface area (Å²) in [6, 6.07) is 9.57. The van der Waals surface area contributed by atoms with Crippen LogP contribution in [0, 0.1) is 0 Å². The first-order chi connectivity index (χ1) is 17.5. The van der Waals surface area contributed by atoms with Gasteiger partial charge in [0.2, 0.25) is 0 Å². The van der Waals surface area contributed by atoms with Crippen LogP contribution in [-0.4, -0.2) is 28.8 Å². The van der Waals surface area contributed by atoms with Gasteiger partial charge in [0.05, 0.1) is 11.0 Å². The van der Waals surface area contributed by atoms with E-state index in [-0.39, 0.29) is 17.9 Å². The Hall–Kier alpha value is -3.49. The minimum Gasteiger partial charge on any atom is -0.362 e. The predicted octanol–water partition coefficient (Wildman–Crippen LogP) is 5.65. The quantitative estimate of drug-likeness (QED) is 0.564. The van der Waals surface area contributed by atoms with Gasteiger partial charge in [-0.25, -0.2) is 0 Å². The van der Waals surface area contributed by atoms with Crippen molar-refractivity contribution in [1.29, 1.82) is 0 Å². The summed E-state index contributed by atoms with van der Waals surface area (Å²) in [7, 11) is 0. The van der Waals surface area contributed by atoms with Gasteiger partial charge in [0.15, 0.2) is 11.9 Å². The first-order valence-corrected chi connectivity index (χ1v) is 12.7. The topological polar surface area (TPSA) is 78.7 Å². The number of benzene rings is 1. The Kier molecular flexibility index (Phi) is 5.17. The minimum absolute atomic E-state index is 0.00628. The molecule has 1 amide bonds. The van der Waals surface area contributed by atoms with Crippen molar-refractivity contribution in [3.05, 3.63) is 75.9 Å². The van der Waals surface area contributed by atoms with Crippen LogP contribution in [0.4, 0.5) is 13.2 Å². The maximum atomic E-state index is 14.3. The summed E-state index contributed by atoms with van der Waals surface area (Å²) >= 11 is 0. The second kappa shape index (κ2) is 8.00. The van der Waals surface area contributed by atoms with E-state index < -0.39 is 29.0 Å². The molecule has 6 nitrogen and oxygen atoms in total. The lowest BCUT2D eigenvalue weighted by molar-refractivity contribution is -0.120. The zero-order valence-electron chi connectivity index (χ0n) is 21.0. The van der Waals surface area contributed by atoms with Gasteiger partial charge in [-0.1, -0.05) is 25.1 Å². The fourth-order valence-electron chi connectivity index (χ4n) is 6.61. The lowest BCUT2D eigenvalue weighted by Gasteiger charge is -2.48. The van der Waals surface area contributed by atoms with Crippen LogP contribution in [-0.2, 0) is 23.1 Å². The Morgan fingerprint density at radius 2 is 1.97 bits per heavy atom. The third-order valence-electron chi connectivity index (χ3n) is 8.05. The van der Waals surface area contributed by atoms with E-state index in [1.807, 2.05) is 51.1 Å². The molecule has 37 heavy (non-hydrogen) atoms. The molecule has 1 aliphatic carbocycles. The molecule has 0 saturated carbocycles. The average Bonchev–Trinajstić information content (AvgIpc) is 3.49. The van der Waals surface area contributed by atoms with Crippen LogP contribution in [0.5, 0.6) is 0 Å². The molecule has 4 aliphatic rings. The largest absolute Gasteiger partial charge is 0.435 e. The minimum atomic E-state index is -4.71. The summed E-state index contributed by atoms with van der Waals surface area (Å²) in [5.41, 5.74) is 2.87. The van der Waals surface area contributed by atoms with E-state index in [0.29, 0.717) is 23.3 Å². The maximum Gasteiger partial charge on any atom is 0.435 e. The van der Waals surface area contributed by atoms with Crippen molar-refractivity contribution in [3.63, 3.8) is 0 Å². The van der Waals surface area contributed by atoms with Crippen molar-refractivity contribution in [2.45, 2.75) is 76.2 Å². The smallest absolute Gasteiger partial charge is 0.362 e. The number of hydrogen-bond donors (Lipinski definition) is 2. The average molecular weight is 508 g/mol. The van der Waals surface area contributed by atoms with Crippen LogP contribution in [0.1, 0.15) is 56.9 Å². The highest BCUT2D eigenvalue weighted by atomic mass is 19.4. The van der Waals surface area contributed by atoms with Crippen LogP contribution in [0.15, 0.2) is 69.3 Å². The predicted molar refractivity (Wildman–Crippen MR) is 132 cm³/mol. The molecule has 192 valence electrons. The molecule has 0 saturated heterocycles. The summed E-state index contributed by atoms with van der Waals surface area (Å²) in [6.45, 7) is 5.63. The van der Waals surface area contributed by atoms with Crippen LogP contribution >= 0.6 is 0 Å². The van der Waals surface area contributed by atoms with E-state index in [2.05, 4.69) is 25.8 Å². The number of carbonyl (C=O) groups is 1. The first kappa shape index (κ1) is 23.9. The summed E-state index contributed by atoms with van der Waals surface area (Å²) in [5, 5.41) is 13.8. The van der Waals surface area contributed by atoms with Gasteiger partial charge in [-0.2, -0.15) is 18.3 Å². The molecule has 3 aliphatic heterocycles. The van der Waals surface area contributed by atoms with Gasteiger partial charge in [-0.05, 0) is 73.9 Å². The van der Waals surface area contributed by atoms with Crippen molar-refractivity contribution in [3.8, 4) is 11.1 Å². The lowest BCUT2D eigenvalue weighted by atomic mass is 9.61. The number of nitrogens with zero attached hydrogens (tertiary/aromatic N) is 3. The first-order valence-electron chi connectivity index (χ1n) is 12.7. The molecule has 2 aromatic rings. The summed E-state index contributed by atoms with van der Waals surface area (Å²) in [5.74, 6) is -0.366. The molecule has 9 heteroatoms. The van der Waals surface area contributed by atoms with Crippen LogP contribution in [0.3, 0.4) is 0 Å². The number of alkyl halides is 3. The van der Waals surface area contributed by atoms with Crippen molar-refractivity contribution in [1.82, 2.24) is 15.6 Å². The Bertz CT molecular complexity index is 1420. The van der Waals surface area contributed by atoms with Crippen molar-refractivity contribution in [2.75, 3.05) is 0 Å². The fourth-order valence-corrected chi connectivity index (χ4v) is 6.61. The van der Waals surface area contributed by atoms with Gasteiger partial charge < -0.3 is 10.6 Å². The van der Waals surface area contributed by atoms with E-state index in [0.717, 1.165) is 36.1 Å². The Morgan fingerprint density at radius 3 is 2.73 bits per heavy atom. The molecule has 2 atom stereocenters. The molecule has 1 unspecified atom stereocenters. The lowest BCUT2D eigenvalue weighted by Crippen LogP contribution is -2.58. The SMILES string of the molecule is CC[C@]1(c2cccc(-c3ccnc4c3CCC4)c2)C2=C(CC(C)(C)NC2=O)NC2N=NC(C(F)(F)F)=C21. The zero-order valence-corrected chi connectivity index (χ0v) is 21.0. The van der Waals surface area contributed by atoms with Gasteiger partial charge in [0.1, 0.15) is 0 Å². The fraction of sp³-hybridized carbons (Fsp3) is 0.429. The number of amides is 1. The van der Waals surface area contributed by atoms with Gasteiger partial charge in [0.25, 0.3) is 5.91 Å². The molecule has 1 aromatic carbocycles. The molecule has 6 rings (SSSR count). The van der Waals surface area contributed by atoms with E-state index in [1.54, 1.807) is 6.20 Å². The molecule has 0 fully saturated rings. The third-order valence-corrected chi connectivity index (χ3v) is 8.05. The Balaban J connectivity index is 1.63. The van der Waals surface area contributed by atoms with E-state index >= 15 is 0 Å². The van der Waals surface area contributed by atoms with Crippen LogP contribution < -0.4 is 10.6 Å². The number of carbonyl (C=O) groups excluding carboxylic acids is 1. The van der Waals surface area contributed by atoms with Crippen LogP contribution in [0.2, 0.25) is 0 Å². The number of fused-ring (bicyclic) bond motifs is 2. The summed E-state index contributed by atoms with van der Waals surface area (Å²) < 4.78 is 42.9. The van der Waals surface area contributed by atoms with Crippen molar-refractivity contribution in [2.24, 2.45) is 10.2 Å². The highest BCUT2D eigenvalue weighted by molar-refractivity contribution is 6.00. The third kappa shape index (κ3) is 3.54. The number of nitrogens with one attached hydrogen (secondary N) is 2. The highest BCUT2D eigenvalue weighted by Crippen LogP contribution is 2.55. The maximum absolute atomic E-state index is 14.3. The molecule has 0 spiro atoms. The van der Waals surface area contributed by atoms with Crippen molar-refractivity contribution >= 4 is 5.91 Å². The molecule has 4 heterocycles. The van der Waals surface area contributed by atoms with E-state index in [4.69, 9.17) is 0 Å². The standard InChI is InChI=1S/C28H28F3N5O/c1-4-27(16-8-5-7-15(13-16)17-11-12-32-19-10-6-9-18(17)19)21-20(14-26(2,3)34-25(21)37)33-24-22(27)23(35-36-24)28(29,30)31/h5,7-8,11-13,24,33H,4,6,9-10,14H2,1-3H3,(H,34,37)/t24?,27-/m0/s1. The number of pyridine rings is 1. The van der Waals surface area contributed by atoms with Gasteiger partial charge in [-0.3, -0.25) is 9.78 Å². The van der Waals surface area contributed by atoms with E-state index in [9.17, 15) is 18.0 Å². The number of halogens is 3. The number of aromatic nitrogens is 1. The second-order valence-electron chi connectivity index (χ2n) is 10.9. The monoisotopic (exact) mass is 507 g/mol. The molecule has 1 aromatic heterocycles.